The van der Waals surface area contributed by atoms with Crippen LogP contribution in [0.3, 0.4) is 0 Å². The van der Waals surface area contributed by atoms with Gasteiger partial charge in [0.05, 0.1) is 0 Å². The Morgan fingerprint density at radius 3 is 1.97 bits per heavy atom. The molecule has 4 rings (SSSR count). The van der Waals surface area contributed by atoms with E-state index < -0.39 is 0 Å². The summed E-state index contributed by atoms with van der Waals surface area (Å²) in [6.45, 7) is 4.45. The molecule has 2 aromatic rings. The van der Waals surface area contributed by atoms with Crippen LogP contribution in [0.15, 0.2) is 54.6 Å². The molecule has 1 heteroatoms. The smallest absolute Gasteiger partial charge is 0.131 e. The fourth-order valence-electron chi connectivity index (χ4n) is 6.21. The van der Waals surface area contributed by atoms with Crippen LogP contribution in [0, 0.1) is 23.6 Å². The summed E-state index contributed by atoms with van der Waals surface area (Å²) in [5.41, 5.74) is 4.23. The molecule has 0 saturated heterocycles. The summed E-state index contributed by atoms with van der Waals surface area (Å²) in [5.74, 6) is 3.16. The first-order valence-electron chi connectivity index (χ1n) is 13.7. The van der Waals surface area contributed by atoms with E-state index in [1.807, 2.05) is 6.07 Å². The van der Waals surface area contributed by atoms with Crippen molar-refractivity contribution in [3.05, 3.63) is 71.6 Å². The van der Waals surface area contributed by atoms with Crippen molar-refractivity contribution in [2.75, 3.05) is 0 Å². The summed E-state index contributed by atoms with van der Waals surface area (Å²) in [5, 5.41) is 0. The summed E-state index contributed by atoms with van der Waals surface area (Å²) < 4.78 is 14.6. The van der Waals surface area contributed by atoms with Crippen LogP contribution in [0.5, 0.6) is 0 Å². The van der Waals surface area contributed by atoms with Gasteiger partial charge < -0.3 is 0 Å². The lowest BCUT2D eigenvalue weighted by atomic mass is 9.77. The van der Waals surface area contributed by atoms with Crippen molar-refractivity contribution in [3.63, 3.8) is 0 Å². The van der Waals surface area contributed by atoms with Gasteiger partial charge in [-0.3, -0.25) is 0 Å². The SMILES string of the molecule is CCCc1ccc(-c2ccc([C@H]3CC[C@H](/C=C/[C@H]4CC[C@H](CCC)CC4)CC3)cc2)c(F)c1. The van der Waals surface area contributed by atoms with Crippen LogP contribution in [-0.4, -0.2) is 0 Å². The largest absolute Gasteiger partial charge is 0.206 e. The molecule has 0 aromatic heterocycles. The van der Waals surface area contributed by atoms with Crippen molar-refractivity contribution < 1.29 is 4.39 Å². The second-order valence-corrected chi connectivity index (χ2v) is 10.8. The molecule has 0 nitrogen and oxygen atoms in total. The minimum Gasteiger partial charge on any atom is -0.206 e. The molecule has 0 amide bonds. The van der Waals surface area contributed by atoms with Gasteiger partial charge in [-0.1, -0.05) is 81.7 Å². The zero-order valence-corrected chi connectivity index (χ0v) is 20.9. The molecular formula is C32H43F. The number of benzene rings is 2. The topological polar surface area (TPSA) is 0 Å². The Kier molecular flexibility index (Phi) is 8.82. The predicted molar refractivity (Wildman–Crippen MR) is 140 cm³/mol. The second kappa shape index (κ2) is 12.0. The Hall–Kier alpha value is -1.89. The van der Waals surface area contributed by atoms with Crippen LogP contribution in [-0.2, 0) is 6.42 Å². The molecule has 33 heavy (non-hydrogen) atoms. The van der Waals surface area contributed by atoms with E-state index in [1.54, 1.807) is 6.07 Å². The van der Waals surface area contributed by atoms with E-state index in [2.05, 4.69) is 56.3 Å². The summed E-state index contributed by atoms with van der Waals surface area (Å²) in [6, 6.07) is 14.4. The molecule has 2 aliphatic carbocycles. The molecule has 0 aliphatic heterocycles. The molecule has 0 N–H and O–H groups in total. The number of allylic oxidation sites excluding steroid dienone is 2. The molecule has 2 saturated carbocycles. The van der Waals surface area contributed by atoms with Crippen LogP contribution in [0.25, 0.3) is 11.1 Å². The quantitative estimate of drug-likeness (QED) is 0.354. The van der Waals surface area contributed by atoms with Gasteiger partial charge in [0.2, 0.25) is 0 Å². The van der Waals surface area contributed by atoms with E-state index in [0.29, 0.717) is 5.92 Å². The van der Waals surface area contributed by atoms with Crippen molar-refractivity contribution >= 4 is 0 Å². The van der Waals surface area contributed by atoms with Gasteiger partial charge in [0.1, 0.15) is 5.82 Å². The van der Waals surface area contributed by atoms with Crippen molar-refractivity contribution in [3.8, 4) is 11.1 Å². The third kappa shape index (κ3) is 6.58. The van der Waals surface area contributed by atoms with Crippen molar-refractivity contribution in [1.82, 2.24) is 0 Å². The maximum absolute atomic E-state index is 14.6. The van der Waals surface area contributed by atoms with E-state index in [9.17, 15) is 4.39 Å². The second-order valence-electron chi connectivity index (χ2n) is 10.8. The number of rotatable bonds is 8. The normalized spacial score (nSPS) is 26.0. The molecule has 0 unspecified atom stereocenters. The molecule has 0 spiro atoms. The van der Waals surface area contributed by atoms with E-state index in [-0.39, 0.29) is 5.82 Å². The molecule has 0 atom stereocenters. The average Bonchev–Trinajstić information content (AvgIpc) is 2.85. The van der Waals surface area contributed by atoms with E-state index >= 15 is 0 Å². The van der Waals surface area contributed by atoms with Gasteiger partial charge >= 0.3 is 0 Å². The Morgan fingerprint density at radius 2 is 1.39 bits per heavy atom. The molecular weight excluding hydrogens is 403 g/mol. The van der Waals surface area contributed by atoms with Crippen LogP contribution < -0.4 is 0 Å². The molecule has 0 heterocycles. The molecule has 0 bridgehead atoms. The highest BCUT2D eigenvalue weighted by Gasteiger charge is 2.22. The van der Waals surface area contributed by atoms with Crippen molar-refractivity contribution in [1.29, 1.82) is 0 Å². The zero-order chi connectivity index (χ0) is 23.0. The molecule has 178 valence electrons. The fraction of sp³-hybridized carbons (Fsp3) is 0.562. The fourth-order valence-corrected chi connectivity index (χ4v) is 6.21. The molecule has 0 radical (unpaired) electrons. The Morgan fingerprint density at radius 1 is 0.758 bits per heavy atom. The van der Waals surface area contributed by atoms with Crippen molar-refractivity contribution in [2.24, 2.45) is 17.8 Å². The van der Waals surface area contributed by atoms with E-state index in [4.69, 9.17) is 0 Å². The van der Waals surface area contributed by atoms with E-state index in [0.717, 1.165) is 47.3 Å². The third-order valence-corrected chi connectivity index (χ3v) is 8.28. The summed E-state index contributed by atoms with van der Waals surface area (Å²) in [7, 11) is 0. The van der Waals surface area contributed by atoms with Gasteiger partial charge in [-0.25, -0.2) is 4.39 Å². The zero-order valence-electron chi connectivity index (χ0n) is 20.9. The Bertz CT molecular complexity index is 877. The average molecular weight is 447 g/mol. The third-order valence-electron chi connectivity index (χ3n) is 8.28. The highest BCUT2D eigenvalue weighted by atomic mass is 19.1. The van der Waals surface area contributed by atoms with Gasteiger partial charge in [-0.15, -0.1) is 0 Å². The number of aryl methyl sites for hydroxylation is 1. The number of hydrogen-bond acceptors (Lipinski definition) is 0. The van der Waals surface area contributed by atoms with Crippen LogP contribution in [0.2, 0.25) is 0 Å². The number of halogens is 1. The first-order chi connectivity index (χ1) is 16.2. The summed E-state index contributed by atoms with van der Waals surface area (Å²) >= 11 is 0. The summed E-state index contributed by atoms with van der Waals surface area (Å²) in [4.78, 5) is 0. The molecule has 2 aliphatic rings. The number of hydrogen-bond donors (Lipinski definition) is 0. The lowest BCUT2D eigenvalue weighted by Crippen LogP contribution is -2.14. The standard InChI is InChI=1S/C32H43F/c1-3-5-24-7-9-25(10-8-24)11-12-26-13-16-28(17-14-26)29-18-20-30(21-19-29)31-22-15-27(6-4-2)23-32(31)33/h11-12,15,18-26,28H,3-10,13-14,16-17H2,1-2H3/b12-11+/t24-,25-,26-,28-. The summed E-state index contributed by atoms with van der Waals surface area (Å²) in [6.07, 6.45) is 20.8. The van der Waals surface area contributed by atoms with Gasteiger partial charge in [0, 0.05) is 5.56 Å². The Balaban J connectivity index is 1.27. The lowest BCUT2D eigenvalue weighted by molar-refractivity contribution is 0.292. The minimum atomic E-state index is -0.0974. The van der Waals surface area contributed by atoms with Gasteiger partial charge in [-0.2, -0.15) is 0 Å². The first kappa shape index (κ1) is 24.2. The van der Waals surface area contributed by atoms with Gasteiger partial charge in [0.25, 0.3) is 0 Å². The maximum Gasteiger partial charge on any atom is 0.131 e. The van der Waals surface area contributed by atoms with Gasteiger partial charge in [-0.05, 0) is 104 Å². The maximum atomic E-state index is 14.6. The van der Waals surface area contributed by atoms with Gasteiger partial charge in [0.15, 0.2) is 0 Å². The highest BCUT2D eigenvalue weighted by Crippen LogP contribution is 2.38. The Labute approximate surface area is 201 Å². The van der Waals surface area contributed by atoms with Crippen molar-refractivity contribution in [2.45, 2.75) is 96.8 Å². The van der Waals surface area contributed by atoms with E-state index in [1.165, 1.54) is 69.8 Å². The monoisotopic (exact) mass is 446 g/mol. The van der Waals surface area contributed by atoms with Crippen LogP contribution in [0.1, 0.15) is 102 Å². The lowest BCUT2D eigenvalue weighted by Gasteiger charge is -2.29. The first-order valence-corrected chi connectivity index (χ1v) is 13.7. The minimum absolute atomic E-state index is 0.0974. The highest BCUT2D eigenvalue weighted by molar-refractivity contribution is 5.65. The predicted octanol–water partition coefficient (Wildman–Crippen LogP) is 9.88. The molecule has 2 aromatic carbocycles. The van der Waals surface area contributed by atoms with Crippen LogP contribution >= 0.6 is 0 Å². The molecule has 2 fully saturated rings. The van der Waals surface area contributed by atoms with Crippen LogP contribution in [0.4, 0.5) is 4.39 Å².